The van der Waals surface area contributed by atoms with E-state index in [1.54, 1.807) is 0 Å². The molecule has 0 radical (unpaired) electrons. The number of hydrogen-bond acceptors (Lipinski definition) is 3. The minimum Gasteiger partial charge on any atom is -0.338 e. The van der Waals surface area contributed by atoms with Crippen molar-refractivity contribution >= 4 is 17.1 Å². The topological polar surface area (TPSA) is 71.0 Å². The molecule has 1 aromatic carbocycles. The third-order valence-electron chi connectivity index (χ3n) is 4.30. The molecule has 22 heavy (non-hydrogen) atoms. The Morgan fingerprint density at radius 3 is 2.86 bits per heavy atom. The predicted molar refractivity (Wildman–Crippen MR) is 86.5 cm³/mol. The summed E-state index contributed by atoms with van der Waals surface area (Å²) in [5, 5.41) is 9.18. The summed E-state index contributed by atoms with van der Waals surface area (Å²) in [6.07, 6.45) is 2.26. The number of nitrogens with zero attached hydrogens (tertiary/aromatic N) is 2. The summed E-state index contributed by atoms with van der Waals surface area (Å²) in [7, 11) is 1.97. The molecule has 1 fully saturated rings. The van der Waals surface area contributed by atoms with Crippen LogP contribution in [0, 0.1) is 5.92 Å². The number of fused-ring (bicyclic) bond motifs is 1. The van der Waals surface area contributed by atoms with E-state index in [9.17, 15) is 4.79 Å². The van der Waals surface area contributed by atoms with Gasteiger partial charge in [0.25, 0.3) is 0 Å². The van der Waals surface area contributed by atoms with Crippen molar-refractivity contribution in [3.63, 3.8) is 0 Å². The van der Waals surface area contributed by atoms with Gasteiger partial charge in [0, 0.05) is 13.6 Å². The van der Waals surface area contributed by atoms with Crippen LogP contribution in [0.15, 0.2) is 24.3 Å². The molecule has 1 aliphatic heterocycles. The summed E-state index contributed by atoms with van der Waals surface area (Å²) >= 11 is 0. The summed E-state index contributed by atoms with van der Waals surface area (Å²) < 4.78 is 2.02. The molecule has 2 aromatic rings. The molecule has 118 valence electrons. The number of hydrogen-bond donors (Lipinski definition) is 3. The van der Waals surface area contributed by atoms with Crippen molar-refractivity contribution in [3.8, 4) is 0 Å². The van der Waals surface area contributed by atoms with E-state index in [2.05, 4.69) is 20.9 Å². The average Bonchev–Trinajstić information content (AvgIpc) is 2.88. The SMILES string of the molecule is Cn1c(CNC(=O)NCC2CCNCC2)nc2ccccc21. The van der Waals surface area contributed by atoms with Gasteiger partial charge in [-0.1, -0.05) is 12.1 Å². The molecule has 0 saturated carbocycles. The maximum absolute atomic E-state index is 11.9. The fourth-order valence-electron chi connectivity index (χ4n) is 2.90. The van der Waals surface area contributed by atoms with Gasteiger partial charge in [-0.2, -0.15) is 0 Å². The van der Waals surface area contributed by atoms with Gasteiger partial charge in [0.15, 0.2) is 0 Å². The van der Waals surface area contributed by atoms with E-state index < -0.39 is 0 Å². The number of nitrogens with one attached hydrogen (secondary N) is 3. The molecular weight excluding hydrogens is 278 g/mol. The summed E-state index contributed by atoms with van der Waals surface area (Å²) in [5.41, 5.74) is 2.03. The first-order valence-corrected chi connectivity index (χ1v) is 7.87. The summed E-state index contributed by atoms with van der Waals surface area (Å²) in [6.45, 7) is 3.28. The molecule has 0 bridgehead atoms. The normalized spacial score (nSPS) is 15.9. The number of piperidine rings is 1. The summed E-state index contributed by atoms with van der Waals surface area (Å²) in [6, 6.07) is 7.86. The van der Waals surface area contributed by atoms with E-state index in [0.717, 1.165) is 49.3 Å². The van der Waals surface area contributed by atoms with Gasteiger partial charge in [0.2, 0.25) is 0 Å². The van der Waals surface area contributed by atoms with Crippen molar-refractivity contribution in [2.75, 3.05) is 19.6 Å². The highest BCUT2D eigenvalue weighted by Crippen LogP contribution is 2.14. The molecule has 0 aliphatic carbocycles. The molecule has 0 unspecified atom stereocenters. The molecule has 6 nitrogen and oxygen atoms in total. The van der Waals surface area contributed by atoms with E-state index in [4.69, 9.17) is 0 Å². The maximum atomic E-state index is 11.9. The van der Waals surface area contributed by atoms with E-state index in [-0.39, 0.29) is 6.03 Å². The van der Waals surface area contributed by atoms with E-state index in [0.29, 0.717) is 12.5 Å². The number of benzene rings is 1. The Bertz CT molecular complexity index is 645. The van der Waals surface area contributed by atoms with Gasteiger partial charge in [0.1, 0.15) is 5.82 Å². The number of para-hydroxylation sites is 2. The van der Waals surface area contributed by atoms with Gasteiger partial charge < -0.3 is 20.5 Å². The van der Waals surface area contributed by atoms with Crippen molar-refractivity contribution in [1.29, 1.82) is 0 Å². The third kappa shape index (κ3) is 3.39. The number of carbonyl (C=O) groups is 1. The van der Waals surface area contributed by atoms with Gasteiger partial charge in [0.05, 0.1) is 17.6 Å². The van der Waals surface area contributed by atoms with Crippen LogP contribution in [0.25, 0.3) is 11.0 Å². The fraction of sp³-hybridized carbons (Fsp3) is 0.500. The molecule has 3 rings (SSSR count). The molecule has 1 aromatic heterocycles. The molecule has 0 spiro atoms. The van der Waals surface area contributed by atoms with Gasteiger partial charge in [-0.15, -0.1) is 0 Å². The Hall–Kier alpha value is -2.08. The lowest BCUT2D eigenvalue weighted by atomic mass is 9.98. The third-order valence-corrected chi connectivity index (χ3v) is 4.30. The van der Waals surface area contributed by atoms with Crippen LogP contribution in [0.1, 0.15) is 18.7 Å². The molecule has 1 saturated heterocycles. The van der Waals surface area contributed by atoms with Gasteiger partial charge in [-0.25, -0.2) is 9.78 Å². The molecule has 2 heterocycles. The Morgan fingerprint density at radius 2 is 2.09 bits per heavy atom. The summed E-state index contributed by atoms with van der Waals surface area (Å²) in [4.78, 5) is 16.5. The quantitative estimate of drug-likeness (QED) is 0.799. The van der Waals surface area contributed by atoms with Crippen molar-refractivity contribution in [2.45, 2.75) is 19.4 Å². The minimum atomic E-state index is -0.120. The lowest BCUT2D eigenvalue weighted by molar-refractivity contribution is 0.236. The second kappa shape index (κ2) is 6.79. The number of urea groups is 1. The van der Waals surface area contributed by atoms with Crippen LogP contribution < -0.4 is 16.0 Å². The van der Waals surface area contributed by atoms with Gasteiger partial charge in [-0.3, -0.25) is 0 Å². The van der Waals surface area contributed by atoms with Crippen LogP contribution >= 0.6 is 0 Å². The van der Waals surface area contributed by atoms with Crippen LogP contribution in [0.3, 0.4) is 0 Å². The van der Waals surface area contributed by atoms with Crippen LogP contribution in [-0.4, -0.2) is 35.2 Å². The maximum Gasteiger partial charge on any atom is 0.315 e. The number of imidazole rings is 1. The van der Waals surface area contributed by atoms with Gasteiger partial charge in [-0.05, 0) is 44.0 Å². The van der Waals surface area contributed by atoms with Crippen LogP contribution in [0.5, 0.6) is 0 Å². The number of rotatable bonds is 4. The molecule has 1 aliphatic rings. The lowest BCUT2D eigenvalue weighted by Crippen LogP contribution is -2.40. The fourth-order valence-corrected chi connectivity index (χ4v) is 2.90. The Morgan fingerprint density at radius 1 is 1.32 bits per heavy atom. The smallest absolute Gasteiger partial charge is 0.315 e. The summed E-state index contributed by atoms with van der Waals surface area (Å²) in [5.74, 6) is 1.45. The molecule has 2 amide bonds. The number of amides is 2. The molecule has 0 atom stereocenters. The highest BCUT2D eigenvalue weighted by molar-refractivity contribution is 5.76. The first kappa shape index (κ1) is 14.8. The number of aromatic nitrogens is 2. The Balaban J connectivity index is 1.50. The lowest BCUT2D eigenvalue weighted by Gasteiger charge is -2.22. The first-order valence-electron chi connectivity index (χ1n) is 7.87. The van der Waals surface area contributed by atoms with E-state index in [1.807, 2.05) is 35.9 Å². The second-order valence-electron chi connectivity index (χ2n) is 5.83. The first-order chi connectivity index (χ1) is 10.7. The largest absolute Gasteiger partial charge is 0.338 e. The highest BCUT2D eigenvalue weighted by atomic mass is 16.2. The number of carbonyl (C=O) groups excluding carboxylic acids is 1. The highest BCUT2D eigenvalue weighted by Gasteiger charge is 2.14. The monoisotopic (exact) mass is 301 g/mol. The van der Waals surface area contributed by atoms with Crippen LogP contribution in [0.4, 0.5) is 4.79 Å². The van der Waals surface area contributed by atoms with Crippen LogP contribution in [-0.2, 0) is 13.6 Å². The second-order valence-corrected chi connectivity index (χ2v) is 5.83. The van der Waals surface area contributed by atoms with Crippen LogP contribution in [0.2, 0.25) is 0 Å². The van der Waals surface area contributed by atoms with Crippen molar-refractivity contribution in [3.05, 3.63) is 30.1 Å². The van der Waals surface area contributed by atoms with Crippen molar-refractivity contribution in [1.82, 2.24) is 25.5 Å². The van der Waals surface area contributed by atoms with E-state index in [1.165, 1.54) is 0 Å². The average molecular weight is 301 g/mol. The van der Waals surface area contributed by atoms with Gasteiger partial charge >= 0.3 is 6.03 Å². The van der Waals surface area contributed by atoms with Crippen molar-refractivity contribution < 1.29 is 4.79 Å². The van der Waals surface area contributed by atoms with E-state index >= 15 is 0 Å². The zero-order valence-corrected chi connectivity index (χ0v) is 12.9. The number of aryl methyl sites for hydroxylation is 1. The molecule has 3 N–H and O–H groups in total. The Kier molecular flexibility index (Phi) is 4.58. The minimum absolute atomic E-state index is 0.120. The zero-order valence-electron chi connectivity index (χ0n) is 12.9. The molecule has 6 heteroatoms. The standard InChI is InChI=1S/C16H23N5O/c1-21-14-5-3-2-4-13(14)20-15(21)11-19-16(22)18-10-12-6-8-17-9-7-12/h2-5,12,17H,6-11H2,1H3,(H2,18,19,22). The molecular formula is C16H23N5O. The van der Waals surface area contributed by atoms with Crippen molar-refractivity contribution in [2.24, 2.45) is 13.0 Å². The Labute approximate surface area is 130 Å². The predicted octanol–water partition coefficient (Wildman–Crippen LogP) is 1.37. The zero-order chi connectivity index (χ0) is 15.4.